The van der Waals surface area contributed by atoms with Gasteiger partial charge in [-0.25, -0.2) is 14.8 Å². The van der Waals surface area contributed by atoms with Crippen molar-refractivity contribution in [1.29, 1.82) is 0 Å². The highest BCUT2D eigenvalue weighted by Gasteiger charge is 2.32. The van der Waals surface area contributed by atoms with E-state index in [0.717, 1.165) is 12.1 Å². The van der Waals surface area contributed by atoms with Crippen molar-refractivity contribution in [2.75, 3.05) is 12.3 Å². The summed E-state index contributed by atoms with van der Waals surface area (Å²) in [6.45, 7) is 3.58. The van der Waals surface area contributed by atoms with Gasteiger partial charge in [0.05, 0.1) is 17.9 Å². The fourth-order valence-corrected chi connectivity index (χ4v) is 2.97. The monoisotopic (exact) mass is 404 g/mol. The second kappa shape index (κ2) is 7.94. The van der Waals surface area contributed by atoms with Gasteiger partial charge in [-0.1, -0.05) is 13.0 Å². The Hall–Kier alpha value is -3.36. The molecule has 9 heteroatoms. The van der Waals surface area contributed by atoms with Crippen molar-refractivity contribution in [3.8, 4) is 22.6 Å². The molecule has 0 fully saturated rings. The Kier molecular flexibility index (Phi) is 5.58. The summed E-state index contributed by atoms with van der Waals surface area (Å²) in [7, 11) is 0. The molecule has 29 heavy (non-hydrogen) atoms. The predicted octanol–water partition coefficient (Wildman–Crippen LogP) is 4.48. The Bertz CT molecular complexity index is 1040. The average molecular weight is 404 g/mol. The van der Waals surface area contributed by atoms with E-state index in [1.54, 1.807) is 6.92 Å². The van der Waals surface area contributed by atoms with Gasteiger partial charge in [0.15, 0.2) is 5.82 Å². The van der Waals surface area contributed by atoms with E-state index in [1.807, 2.05) is 6.92 Å². The van der Waals surface area contributed by atoms with Gasteiger partial charge in [-0.2, -0.15) is 13.2 Å². The highest BCUT2D eigenvalue weighted by Crippen LogP contribution is 2.37. The number of ether oxygens (including phenoxy) is 1. The quantitative estimate of drug-likeness (QED) is 0.612. The van der Waals surface area contributed by atoms with Crippen LogP contribution in [0.5, 0.6) is 0 Å². The van der Waals surface area contributed by atoms with E-state index in [0.29, 0.717) is 17.7 Å². The number of rotatable bonds is 5. The molecule has 0 atom stereocenters. The largest absolute Gasteiger partial charge is 0.461 e. The average Bonchev–Trinajstić information content (AvgIpc) is 3.12. The predicted molar refractivity (Wildman–Crippen MR) is 102 cm³/mol. The molecule has 0 amide bonds. The Morgan fingerprint density at radius 2 is 1.93 bits per heavy atom. The van der Waals surface area contributed by atoms with Crippen molar-refractivity contribution in [3.05, 3.63) is 53.3 Å². The molecule has 2 aromatic heterocycles. The minimum Gasteiger partial charge on any atom is -0.461 e. The second-order valence-corrected chi connectivity index (χ2v) is 6.22. The Morgan fingerprint density at radius 1 is 1.17 bits per heavy atom. The van der Waals surface area contributed by atoms with Gasteiger partial charge in [0.2, 0.25) is 0 Å². The lowest BCUT2D eigenvalue weighted by Crippen LogP contribution is -2.08. The summed E-state index contributed by atoms with van der Waals surface area (Å²) in [4.78, 5) is 23.6. The lowest BCUT2D eigenvalue weighted by atomic mass is 9.95. The van der Waals surface area contributed by atoms with Crippen molar-refractivity contribution in [3.63, 3.8) is 0 Å². The van der Waals surface area contributed by atoms with E-state index in [-0.39, 0.29) is 35.1 Å². The third kappa shape index (κ3) is 4.23. The van der Waals surface area contributed by atoms with E-state index in [1.165, 1.54) is 24.4 Å². The van der Waals surface area contributed by atoms with Crippen molar-refractivity contribution < 1.29 is 22.7 Å². The maximum atomic E-state index is 13.3. The van der Waals surface area contributed by atoms with Gasteiger partial charge in [-0.3, -0.25) is 0 Å². The Morgan fingerprint density at radius 3 is 2.55 bits per heavy atom. The first-order valence-corrected chi connectivity index (χ1v) is 8.94. The fourth-order valence-electron chi connectivity index (χ4n) is 2.97. The molecular weight excluding hydrogens is 385 g/mol. The molecule has 6 nitrogen and oxygen atoms in total. The molecule has 0 unspecified atom stereocenters. The van der Waals surface area contributed by atoms with Crippen LogP contribution in [0.15, 0.2) is 36.5 Å². The van der Waals surface area contributed by atoms with Crippen molar-refractivity contribution in [1.82, 2.24) is 15.0 Å². The molecule has 0 aliphatic rings. The summed E-state index contributed by atoms with van der Waals surface area (Å²) in [6.07, 6.45) is -2.59. The molecule has 2 heterocycles. The minimum atomic E-state index is -4.51. The maximum Gasteiger partial charge on any atom is 0.416 e. The first-order valence-electron chi connectivity index (χ1n) is 8.94. The summed E-state index contributed by atoms with van der Waals surface area (Å²) in [5, 5.41) is 0. The molecule has 3 rings (SSSR count). The second-order valence-electron chi connectivity index (χ2n) is 6.22. The number of carbonyl (C=O) groups excluding carboxylic acids is 1. The fraction of sp³-hybridized carbons (Fsp3) is 0.250. The number of aromatic amines is 1. The number of nitrogens with one attached hydrogen (secondary N) is 1. The highest BCUT2D eigenvalue weighted by molar-refractivity contribution is 5.97. The molecule has 3 N–H and O–H groups in total. The first kappa shape index (κ1) is 20.4. The van der Waals surface area contributed by atoms with Gasteiger partial charge in [-0.05, 0) is 48.7 Å². The molecule has 0 bridgehead atoms. The molecule has 0 aliphatic heterocycles. The molecule has 0 saturated carbocycles. The molecule has 0 spiro atoms. The Balaban J connectivity index is 2.23. The van der Waals surface area contributed by atoms with Crippen molar-refractivity contribution >= 4 is 11.8 Å². The number of aryl methyl sites for hydroxylation is 1. The minimum absolute atomic E-state index is 0.0295. The van der Waals surface area contributed by atoms with Crippen LogP contribution >= 0.6 is 0 Å². The highest BCUT2D eigenvalue weighted by atomic mass is 19.4. The maximum absolute atomic E-state index is 13.3. The number of anilines is 1. The molecule has 1 aromatic carbocycles. The van der Waals surface area contributed by atoms with Crippen LogP contribution < -0.4 is 5.73 Å². The molecule has 3 aromatic rings. The number of aromatic nitrogens is 3. The number of benzene rings is 1. The molecule has 0 radical (unpaired) electrons. The zero-order chi connectivity index (χ0) is 21.2. The number of nitrogens with two attached hydrogens (primary N) is 1. The molecular formula is C20H19F3N4O2. The zero-order valence-corrected chi connectivity index (χ0v) is 15.8. The number of carbonyl (C=O) groups is 1. The van der Waals surface area contributed by atoms with Crippen molar-refractivity contribution in [2.24, 2.45) is 0 Å². The number of esters is 1. The summed E-state index contributed by atoms with van der Waals surface area (Å²) in [5.74, 6) is -0.249. The van der Waals surface area contributed by atoms with Gasteiger partial charge in [0, 0.05) is 11.8 Å². The molecule has 0 aliphatic carbocycles. The smallest absolute Gasteiger partial charge is 0.416 e. The van der Waals surface area contributed by atoms with Crippen molar-refractivity contribution in [2.45, 2.75) is 26.4 Å². The zero-order valence-electron chi connectivity index (χ0n) is 15.8. The number of hydrogen-bond donors (Lipinski definition) is 2. The molecule has 152 valence electrons. The van der Waals surface area contributed by atoms with Gasteiger partial charge < -0.3 is 15.5 Å². The third-order valence-corrected chi connectivity index (χ3v) is 4.32. The van der Waals surface area contributed by atoms with E-state index in [4.69, 9.17) is 10.5 Å². The van der Waals surface area contributed by atoms with Gasteiger partial charge in [0.1, 0.15) is 11.5 Å². The summed E-state index contributed by atoms with van der Waals surface area (Å²) in [5.41, 5.74) is 6.49. The standard InChI is InChI=1S/C20H19F3N4O2/c1-3-11-5-6-12(20(21,22)23)9-13(11)14-10-15(18-25-8-7-16(24)27-18)26-17(14)19(28)29-4-2/h5-10,26H,3-4H2,1-2H3,(H2,24,25,27). The van der Waals surface area contributed by atoms with Crippen LogP contribution in [0.2, 0.25) is 0 Å². The van der Waals surface area contributed by atoms with Crippen LogP contribution in [0, 0.1) is 0 Å². The molecule has 0 saturated heterocycles. The number of halogens is 3. The first-order chi connectivity index (χ1) is 13.7. The number of nitrogens with zero attached hydrogens (tertiary/aromatic N) is 2. The topological polar surface area (TPSA) is 93.9 Å². The SMILES string of the molecule is CCOC(=O)c1[nH]c(-c2nccc(N)n2)cc1-c1cc(C(F)(F)F)ccc1CC. The van der Waals surface area contributed by atoms with Crippen LogP contribution in [0.4, 0.5) is 19.0 Å². The normalized spacial score (nSPS) is 11.5. The lowest BCUT2D eigenvalue weighted by molar-refractivity contribution is -0.137. The Labute approximate surface area is 164 Å². The van der Waals surface area contributed by atoms with Crippen LogP contribution in [-0.2, 0) is 17.3 Å². The van der Waals surface area contributed by atoms with Crippen LogP contribution in [0.1, 0.15) is 35.5 Å². The number of nitrogen functional groups attached to an aromatic ring is 1. The summed E-state index contributed by atoms with van der Waals surface area (Å²) < 4.78 is 44.9. The van der Waals surface area contributed by atoms with E-state index in [2.05, 4.69) is 15.0 Å². The van der Waals surface area contributed by atoms with Crippen LogP contribution in [0.25, 0.3) is 22.6 Å². The van der Waals surface area contributed by atoms with Gasteiger partial charge in [0.25, 0.3) is 0 Å². The van der Waals surface area contributed by atoms with Crippen LogP contribution in [-0.4, -0.2) is 27.5 Å². The van der Waals surface area contributed by atoms with Crippen LogP contribution in [0.3, 0.4) is 0 Å². The summed E-state index contributed by atoms with van der Waals surface area (Å²) >= 11 is 0. The van der Waals surface area contributed by atoms with Gasteiger partial charge in [-0.15, -0.1) is 0 Å². The van der Waals surface area contributed by atoms with Gasteiger partial charge >= 0.3 is 12.1 Å². The van der Waals surface area contributed by atoms with E-state index in [9.17, 15) is 18.0 Å². The lowest BCUT2D eigenvalue weighted by Gasteiger charge is -2.13. The summed E-state index contributed by atoms with van der Waals surface area (Å²) in [6, 6.07) is 6.52. The number of H-pyrrole nitrogens is 1. The van der Waals surface area contributed by atoms with E-state index < -0.39 is 17.7 Å². The number of alkyl halides is 3. The van der Waals surface area contributed by atoms with E-state index >= 15 is 0 Å². The third-order valence-electron chi connectivity index (χ3n) is 4.32. The number of hydrogen-bond acceptors (Lipinski definition) is 5.